The number of benzene rings is 1. The Labute approximate surface area is 135 Å². The zero-order valence-corrected chi connectivity index (χ0v) is 13.7. The van der Waals surface area contributed by atoms with Gasteiger partial charge in [0.15, 0.2) is 0 Å². The molecule has 0 bridgehead atoms. The molecule has 0 saturated carbocycles. The van der Waals surface area contributed by atoms with Crippen LogP contribution in [-0.2, 0) is 6.18 Å². The molecule has 7 heteroatoms. The van der Waals surface area contributed by atoms with Gasteiger partial charge in [0.25, 0.3) is 0 Å². The molecule has 0 aliphatic carbocycles. The van der Waals surface area contributed by atoms with Crippen molar-refractivity contribution < 1.29 is 23.0 Å². The topological polar surface area (TPSA) is 55.5 Å². The van der Waals surface area contributed by atoms with Gasteiger partial charge < -0.3 is 15.6 Å². The van der Waals surface area contributed by atoms with Crippen molar-refractivity contribution in [3.05, 3.63) is 29.3 Å². The number of hydrogen-bond acceptors (Lipinski definition) is 3. The van der Waals surface area contributed by atoms with Crippen LogP contribution >= 0.6 is 12.4 Å². The number of halogens is 4. The van der Waals surface area contributed by atoms with Gasteiger partial charge in [0, 0.05) is 5.56 Å². The molecular weight excluding hydrogens is 319 g/mol. The molecule has 0 aromatic heterocycles. The van der Waals surface area contributed by atoms with E-state index in [4.69, 9.17) is 10.5 Å². The first-order chi connectivity index (χ1) is 9.66. The molecule has 1 rings (SSSR count). The summed E-state index contributed by atoms with van der Waals surface area (Å²) in [4.78, 5) is 0. The highest BCUT2D eigenvalue weighted by molar-refractivity contribution is 5.85. The lowest BCUT2D eigenvalue weighted by Gasteiger charge is -2.22. The summed E-state index contributed by atoms with van der Waals surface area (Å²) in [7, 11) is 1.28. The van der Waals surface area contributed by atoms with Gasteiger partial charge in [-0.15, -0.1) is 12.4 Å². The van der Waals surface area contributed by atoms with Crippen LogP contribution in [0.5, 0.6) is 5.75 Å². The van der Waals surface area contributed by atoms with Crippen LogP contribution in [-0.4, -0.2) is 18.3 Å². The van der Waals surface area contributed by atoms with Crippen LogP contribution in [0, 0.1) is 5.92 Å². The van der Waals surface area contributed by atoms with E-state index in [9.17, 15) is 18.3 Å². The van der Waals surface area contributed by atoms with Crippen LogP contribution in [0.3, 0.4) is 0 Å². The number of rotatable bonds is 6. The second-order valence-electron chi connectivity index (χ2n) is 5.52. The maximum Gasteiger partial charge on any atom is 0.416 e. The zero-order chi connectivity index (χ0) is 16.2. The maximum atomic E-state index is 12.7. The molecule has 0 unspecified atom stereocenters. The Balaban J connectivity index is 0.00000441. The standard InChI is InChI=1S/C15H22F3NO2.ClH/c1-9(2)4-7-12(20)14(19)11-6-5-10(15(16,17)18)8-13(11)21-3;/h5-6,8-9,12,14,20H,4,7,19H2,1-3H3;1H/t12-,14+;/m1./s1. The number of aliphatic hydroxyl groups is 1. The van der Waals surface area contributed by atoms with Crippen LogP contribution in [0.15, 0.2) is 18.2 Å². The quantitative estimate of drug-likeness (QED) is 0.824. The Morgan fingerprint density at radius 2 is 1.82 bits per heavy atom. The summed E-state index contributed by atoms with van der Waals surface area (Å²) in [6.45, 7) is 4.05. The van der Waals surface area contributed by atoms with E-state index < -0.39 is 23.9 Å². The second-order valence-corrected chi connectivity index (χ2v) is 5.52. The van der Waals surface area contributed by atoms with Crippen LogP contribution < -0.4 is 10.5 Å². The summed E-state index contributed by atoms with van der Waals surface area (Å²) in [6.07, 6.45) is -3.98. The van der Waals surface area contributed by atoms with Crippen LogP contribution in [0.25, 0.3) is 0 Å². The molecule has 0 saturated heterocycles. The summed E-state index contributed by atoms with van der Waals surface area (Å²) in [5, 5.41) is 10.1. The minimum atomic E-state index is -4.44. The molecule has 0 amide bonds. The average molecular weight is 342 g/mol. The lowest BCUT2D eigenvalue weighted by molar-refractivity contribution is -0.137. The first kappa shape index (κ1) is 21.0. The molecule has 128 valence electrons. The minimum absolute atomic E-state index is 0. The molecule has 3 nitrogen and oxygen atoms in total. The van der Waals surface area contributed by atoms with Crippen molar-refractivity contribution >= 4 is 12.4 Å². The molecule has 2 atom stereocenters. The van der Waals surface area contributed by atoms with Crippen LogP contribution in [0.2, 0.25) is 0 Å². The first-order valence-corrected chi connectivity index (χ1v) is 6.85. The van der Waals surface area contributed by atoms with Crippen LogP contribution in [0.1, 0.15) is 43.9 Å². The van der Waals surface area contributed by atoms with Crippen molar-refractivity contribution in [1.29, 1.82) is 0 Å². The third-order valence-electron chi connectivity index (χ3n) is 3.37. The highest BCUT2D eigenvalue weighted by Crippen LogP contribution is 2.35. The third-order valence-corrected chi connectivity index (χ3v) is 3.37. The van der Waals surface area contributed by atoms with E-state index in [1.54, 1.807) is 0 Å². The fourth-order valence-corrected chi connectivity index (χ4v) is 2.05. The van der Waals surface area contributed by atoms with Crippen molar-refractivity contribution in [2.45, 2.75) is 45.0 Å². The number of aliphatic hydroxyl groups excluding tert-OH is 1. The molecule has 0 heterocycles. The fourth-order valence-electron chi connectivity index (χ4n) is 2.05. The molecule has 3 N–H and O–H groups in total. The van der Waals surface area contributed by atoms with Crippen molar-refractivity contribution in [2.75, 3.05) is 7.11 Å². The van der Waals surface area contributed by atoms with Gasteiger partial charge >= 0.3 is 6.18 Å². The predicted octanol–water partition coefficient (Wildman–Crippen LogP) is 3.93. The Hall–Kier alpha value is -0.980. The Morgan fingerprint density at radius 3 is 2.27 bits per heavy atom. The van der Waals surface area contributed by atoms with E-state index in [-0.39, 0.29) is 18.2 Å². The van der Waals surface area contributed by atoms with E-state index in [2.05, 4.69) is 0 Å². The lowest BCUT2D eigenvalue weighted by atomic mass is 9.94. The molecule has 0 fully saturated rings. The van der Waals surface area contributed by atoms with Crippen molar-refractivity contribution in [2.24, 2.45) is 11.7 Å². The van der Waals surface area contributed by atoms with E-state index in [1.807, 2.05) is 13.8 Å². The molecule has 1 aromatic rings. The molecule has 0 spiro atoms. The Morgan fingerprint density at radius 1 is 1.23 bits per heavy atom. The van der Waals surface area contributed by atoms with Crippen molar-refractivity contribution in [3.8, 4) is 5.75 Å². The molecule has 0 aliphatic rings. The van der Waals surface area contributed by atoms with Gasteiger partial charge in [0.2, 0.25) is 0 Å². The Bertz CT molecular complexity index is 467. The van der Waals surface area contributed by atoms with Gasteiger partial charge in [0.1, 0.15) is 5.75 Å². The average Bonchev–Trinajstić information content (AvgIpc) is 2.42. The largest absolute Gasteiger partial charge is 0.496 e. The zero-order valence-electron chi connectivity index (χ0n) is 12.9. The monoisotopic (exact) mass is 341 g/mol. The smallest absolute Gasteiger partial charge is 0.416 e. The highest BCUT2D eigenvalue weighted by atomic mass is 35.5. The first-order valence-electron chi connectivity index (χ1n) is 6.85. The maximum absolute atomic E-state index is 12.7. The molecule has 1 aromatic carbocycles. The summed E-state index contributed by atoms with van der Waals surface area (Å²) in [5.74, 6) is 0.460. The number of ether oxygens (including phenoxy) is 1. The summed E-state index contributed by atoms with van der Waals surface area (Å²) >= 11 is 0. The van der Waals surface area contributed by atoms with E-state index >= 15 is 0 Å². The number of methoxy groups -OCH3 is 1. The van der Waals surface area contributed by atoms with Gasteiger partial charge in [-0.3, -0.25) is 0 Å². The molecule has 22 heavy (non-hydrogen) atoms. The van der Waals surface area contributed by atoms with E-state index in [0.29, 0.717) is 17.9 Å². The second kappa shape index (κ2) is 8.60. The predicted molar refractivity (Wildman–Crippen MR) is 82.3 cm³/mol. The summed E-state index contributed by atoms with van der Waals surface area (Å²) in [6, 6.07) is 2.35. The van der Waals surface area contributed by atoms with Gasteiger partial charge in [0.05, 0.1) is 24.8 Å². The van der Waals surface area contributed by atoms with Gasteiger partial charge in [-0.2, -0.15) is 13.2 Å². The van der Waals surface area contributed by atoms with Crippen molar-refractivity contribution in [3.63, 3.8) is 0 Å². The highest BCUT2D eigenvalue weighted by Gasteiger charge is 2.32. The Kier molecular flexibility index (Phi) is 8.22. The molecule has 0 radical (unpaired) electrons. The fraction of sp³-hybridized carbons (Fsp3) is 0.600. The van der Waals surface area contributed by atoms with E-state index in [0.717, 1.165) is 18.6 Å². The summed E-state index contributed by atoms with van der Waals surface area (Å²) in [5.41, 5.74) is 5.53. The van der Waals surface area contributed by atoms with Gasteiger partial charge in [-0.1, -0.05) is 19.9 Å². The molecule has 0 aliphatic heterocycles. The lowest BCUT2D eigenvalue weighted by Crippen LogP contribution is -2.27. The minimum Gasteiger partial charge on any atom is -0.496 e. The number of nitrogens with two attached hydrogens (primary N) is 1. The SMILES string of the molecule is COc1cc(C(F)(F)F)ccc1[C@H](N)[C@H](O)CCC(C)C.Cl. The van der Waals surface area contributed by atoms with E-state index in [1.165, 1.54) is 13.2 Å². The normalized spacial score (nSPS) is 14.4. The van der Waals surface area contributed by atoms with Gasteiger partial charge in [-0.05, 0) is 30.9 Å². The molecular formula is C15H23ClF3NO2. The van der Waals surface area contributed by atoms with Crippen molar-refractivity contribution in [1.82, 2.24) is 0 Å². The summed E-state index contributed by atoms with van der Waals surface area (Å²) < 4.78 is 43.0. The van der Waals surface area contributed by atoms with Crippen LogP contribution in [0.4, 0.5) is 13.2 Å². The number of hydrogen-bond donors (Lipinski definition) is 2. The van der Waals surface area contributed by atoms with Gasteiger partial charge in [-0.25, -0.2) is 0 Å². The number of alkyl halides is 3. The third kappa shape index (κ3) is 5.66.